The molecule has 0 saturated heterocycles. The third-order valence-corrected chi connectivity index (χ3v) is 13.5. The number of methoxy groups -OCH3 is 2. The summed E-state index contributed by atoms with van der Waals surface area (Å²) in [5.41, 5.74) is 3.57. The first-order chi connectivity index (χ1) is 29.2. The van der Waals surface area contributed by atoms with Crippen molar-refractivity contribution in [2.45, 2.75) is 55.5 Å². The van der Waals surface area contributed by atoms with E-state index >= 15 is 0 Å². The summed E-state index contributed by atoms with van der Waals surface area (Å²) in [5.74, 6) is 0.105. The molecule has 4 aromatic carbocycles. The van der Waals surface area contributed by atoms with Crippen molar-refractivity contribution in [3.05, 3.63) is 156 Å². The average Bonchev–Trinajstić information content (AvgIpc) is 3.96. The highest BCUT2D eigenvalue weighted by Gasteiger charge is 2.35. The summed E-state index contributed by atoms with van der Waals surface area (Å²) in [6, 6.07) is 30.5. The van der Waals surface area contributed by atoms with Gasteiger partial charge in [-0.15, -0.1) is 0 Å². The van der Waals surface area contributed by atoms with E-state index in [-0.39, 0.29) is 34.5 Å². The Morgan fingerprint density at radius 3 is 1.28 bits per heavy atom. The van der Waals surface area contributed by atoms with Crippen molar-refractivity contribution in [1.82, 2.24) is 22.8 Å². The second-order valence-electron chi connectivity index (χ2n) is 14.5. The molecule has 17 heteroatoms. The molecule has 0 spiro atoms. The minimum absolute atomic E-state index is 0.0527. The van der Waals surface area contributed by atoms with Crippen LogP contribution in [0.5, 0.6) is 0 Å². The zero-order chi connectivity index (χ0) is 43.7. The number of nitrogens with zero attached hydrogens (tertiary/aromatic N) is 7. The molecule has 0 bridgehead atoms. The quantitative estimate of drug-likeness (QED) is 0.0975. The predicted molar refractivity (Wildman–Crippen MR) is 232 cm³/mol. The van der Waals surface area contributed by atoms with E-state index in [4.69, 9.17) is 9.47 Å². The summed E-state index contributed by atoms with van der Waals surface area (Å²) >= 11 is 0. The van der Waals surface area contributed by atoms with Crippen LogP contribution in [0.3, 0.4) is 0 Å². The van der Waals surface area contributed by atoms with Crippen molar-refractivity contribution in [1.29, 1.82) is 0 Å². The SMILES string of the molecule is CCN(C[C@H](Cc1ccccc1)N(C(=O)OC)c1cn(S(=O)(=O)c2ccc(C)cc2)cn1)C[C@H](Cc1ccccc1)N(C(=O)OC)c1cn(S(=O)(=O)c2ccc(C)cc2)cn1. The standard InChI is InChI=1S/C44H49N7O8S2/c1-6-47(27-37(25-35-13-9-7-10-14-35)50(43(52)58-4)41-29-48(31-45-41)60(54,55)39-21-17-33(2)18-22-39)28-38(26-36-15-11-8-12-16-36)51(44(53)59-5)42-30-49(32-46-42)61(56,57)40-23-19-34(3)20-24-40/h7-24,29-32,37-38H,6,25-28H2,1-5H3/t37-,38-/m0/s1. The second kappa shape index (κ2) is 19.4. The maximum absolute atomic E-state index is 13.8. The summed E-state index contributed by atoms with van der Waals surface area (Å²) in [5, 5.41) is 0. The highest BCUT2D eigenvalue weighted by molar-refractivity contribution is 7.90. The summed E-state index contributed by atoms with van der Waals surface area (Å²) in [4.78, 5) is 41.3. The van der Waals surface area contributed by atoms with Gasteiger partial charge in [-0.2, -0.15) is 0 Å². The normalized spacial score (nSPS) is 12.8. The third kappa shape index (κ3) is 10.4. The highest BCUT2D eigenvalue weighted by atomic mass is 32.2. The molecule has 0 aliphatic rings. The monoisotopic (exact) mass is 867 g/mol. The molecular weight excluding hydrogens is 819 g/mol. The molecule has 0 saturated carbocycles. The molecular formula is C44H49N7O8S2. The number of rotatable bonds is 17. The number of aromatic nitrogens is 4. The van der Waals surface area contributed by atoms with Crippen LogP contribution < -0.4 is 9.80 Å². The van der Waals surface area contributed by atoms with Gasteiger partial charge in [0.1, 0.15) is 12.7 Å². The molecule has 15 nitrogen and oxygen atoms in total. The number of likely N-dealkylation sites (N-methyl/N-ethyl adjacent to an activating group) is 1. The molecule has 0 N–H and O–H groups in total. The van der Waals surface area contributed by atoms with Gasteiger partial charge in [0.05, 0.1) is 48.5 Å². The van der Waals surface area contributed by atoms with E-state index in [1.165, 1.54) is 60.7 Å². The lowest BCUT2D eigenvalue weighted by atomic mass is 10.0. The Morgan fingerprint density at radius 2 is 0.951 bits per heavy atom. The number of hydrogen-bond acceptors (Lipinski definition) is 11. The van der Waals surface area contributed by atoms with Crippen LogP contribution in [-0.2, 0) is 42.4 Å². The van der Waals surface area contributed by atoms with E-state index < -0.39 is 44.3 Å². The van der Waals surface area contributed by atoms with E-state index in [0.29, 0.717) is 19.4 Å². The first kappa shape index (κ1) is 44.3. The van der Waals surface area contributed by atoms with Crippen LogP contribution in [0.1, 0.15) is 29.2 Å². The van der Waals surface area contributed by atoms with Crippen molar-refractivity contribution in [3.63, 3.8) is 0 Å². The zero-order valence-electron chi connectivity index (χ0n) is 34.6. The van der Waals surface area contributed by atoms with Crippen molar-refractivity contribution in [3.8, 4) is 0 Å². The summed E-state index contributed by atoms with van der Waals surface area (Å²) in [7, 11) is -5.63. The molecule has 320 valence electrons. The fourth-order valence-electron chi connectivity index (χ4n) is 7.00. The van der Waals surface area contributed by atoms with Gasteiger partial charge >= 0.3 is 12.2 Å². The Kier molecular flexibility index (Phi) is 14.1. The maximum atomic E-state index is 13.8. The Labute approximate surface area is 356 Å². The molecule has 0 aliphatic carbocycles. The fourth-order valence-corrected chi connectivity index (χ4v) is 9.26. The first-order valence-electron chi connectivity index (χ1n) is 19.5. The Balaban J connectivity index is 1.38. The lowest BCUT2D eigenvalue weighted by molar-refractivity contribution is 0.166. The molecule has 0 aliphatic heterocycles. The molecule has 2 heterocycles. The van der Waals surface area contributed by atoms with E-state index in [0.717, 1.165) is 42.9 Å². The fraction of sp³-hybridized carbons (Fsp3) is 0.273. The lowest BCUT2D eigenvalue weighted by Crippen LogP contribution is -2.53. The molecule has 2 amide bonds. The van der Waals surface area contributed by atoms with Gasteiger partial charge in [-0.05, 0) is 68.6 Å². The van der Waals surface area contributed by atoms with E-state index in [2.05, 4.69) is 9.97 Å². The Bertz CT molecular complexity index is 2440. The van der Waals surface area contributed by atoms with E-state index in [9.17, 15) is 26.4 Å². The van der Waals surface area contributed by atoms with Gasteiger partial charge < -0.3 is 9.47 Å². The van der Waals surface area contributed by atoms with Crippen molar-refractivity contribution in [2.24, 2.45) is 0 Å². The molecule has 6 rings (SSSR count). The first-order valence-corrected chi connectivity index (χ1v) is 22.4. The summed E-state index contributed by atoms with van der Waals surface area (Å²) in [6.07, 6.45) is 4.00. The molecule has 6 aromatic rings. The van der Waals surface area contributed by atoms with Crippen molar-refractivity contribution < 1.29 is 35.9 Å². The van der Waals surface area contributed by atoms with Gasteiger partial charge in [-0.1, -0.05) is 103 Å². The van der Waals surface area contributed by atoms with Crippen LogP contribution in [0.2, 0.25) is 0 Å². The topological polar surface area (TPSA) is 166 Å². The summed E-state index contributed by atoms with van der Waals surface area (Å²) < 4.78 is 67.3. The second-order valence-corrected chi connectivity index (χ2v) is 18.2. The average molecular weight is 868 g/mol. The zero-order valence-corrected chi connectivity index (χ0v) is 36.2. The van der Waals surface area contributed by atoms with Gasteiger partial charge in [0.25, 0.3) is 20.0 Å². The number of anilines is 2. The van der Waals surface area contributed by atoms with Crippen molar-refractivity contribution in [2.75, 3.05) is 43.7 Å². The molecule has 0 fully saturated rings. The van der Waals surface area contributed by atoms with Gasteiger partial charge in [-0.3, -0.25) is 14.7 Å². The van der Waals surface area contributed by atoms with Crippen LogP contribution in [0, 0.1) is 13.8 Å². The largest absolute Gasteiger partial charge is 0.452 e. The predicted octanol–water partition coefficient (Wildman–Crippen LogP) is 6.56. The van der Waals surface area contributed by atoms with Crippen LogP contribution in [0.15, 0.2) is 144 Å². The van der Waals surface area contributed by atoms with Crippen LogP contribution in [-0.4, -0.2) is 97.8 Å². The molecule has 61 heavy (non-hydrogen) atoms. The lowest BCUT2D eigenvalue weighted by Gasteiger charge is -2.37. The summed E-state index contributed by atoms with van der Waals surface area (Å²) in [6.45, 7) is 6.50. The Morgan fingerprint density at radius 1 is 0.590 bits per heavy atom. The number of benzene rings is 4. The number of imidazole rings is 2. The highest BCUT2D eigenvalue weighted by Crippen LogP contribution is 2.26. The van der Waals surface area contributed by atoms with E-state index in [1.807, 2.05) is 86.3 Å². The van der Waals surface area contributed by atoms with Gasteiger partial charge in [0, 0.05) is 13.1 Å². The van der Waals surface area contributed by atoms with Crippen LogP contribution in [0.25, 0.3) is 0 Å². The van der Waals surface area contributed by atoms with E-state index in [1.54, 1.807) is 24.3 Å². The Hall–Kier alpha value is -6.30. The smallest absolute Gasteiger partial charge is 0.415 e. The number of aryl methyl sites for hydroxylation is 2. The minimum atomic E-state index is -4.06. The molecule has 2 aromatic heterocycles. The van der Waals surface area contributed by atoms with Crippen LogP contribution in [0.4, 0.5) is 21.2 Å². The van der Waals surface area contributed by atoms with Crippen molar-refractivity contribution >= 4 is 43.9 Å². The number of ether oxygens (including phenoxy) is 2. The molecule has 0 unspecified atom stereocenters. The maximum Gasteiger partial charge on any atom is 0.415 e. The number of carbonyl (C=O) groups excluding carboxylic acids is 2. The van der Waals surface area contributed by atoms with Gasteiger partial charge in [0.15, 0.2) is 11.6 Å². The van der Waals surface area contributed by atoms with Gasteiger partial charge in [-0.25, -0.2) is 44.3 Å². The number of carbonyl (C=O) groups is 2. The molecule has 2 atom stereocenters. The minimum Gasteiger partial charge on any atom is -0.452 e. The number of hydrogen-bond donors (Lipinski definition) is 0. The van der Waals surface area contributed by atoms with Gasteiger partial charge in [0.2, 0.25) is 0 Å². The molecule has 0 radical (unpaired) electrons. The van der Waals surface area contributed by atoms with Crippen LogP contribution >= 0.6 is 0 Å². The third-order valence-electron chi connectivity index (χ3n) is 10.3. The number of amides is 2.